The van der Waals surface area contributed by atoms with Crippen LogP contribution in [0.3, 0.4) is 0 Å². The smallest absolute Gasteiger partial charge is 0.228 e. The Labute approximate surface area is 118 Å². The molecule has 1 amide bonds. The molecule has 1 heterocycles. The van der Waals surface area contributed by atoms with E-state index in [4.69, 9.17) is 0 Å². The molecule has 0 bridgehead atoms. The molecule has 1 aromatic heterocycles. The van der Waals surface area contributed by atoms with Crippen LogP contribution in [0.4, 0.5) is 5.82 Å². The van der Waals surface area contributed by atoms with Crippen LogP contribution in [0.1, 0.15) is 31.2 Å². The molecule has 1 aliphatic rings. The highest BCUT2D eigenvalue weighted by Gasteiger charge is 2.23. The van der Waals surface area contributed by atoms with Gasteiger partial charge in [-0.15, -0.1) is 5.10 Å². The Kier molecular flexibility index (Phi) is 3.76. The third-order valence-electron chi connectivity index (χ3n) is 3.70. The van der Waals surface area contributed by atoms with Crippen molar-refractivity contribution in [3.63, 3.8) is 0 Å². The Morgan fingerprint density at radius 2 is 2.00 bits per heavy atom. The topological polar surface area (TPSA) is 59.8 Å². The average Bonchev–Trinajstić information content (AvgIpc) is 3.11. The summed E-state index contributed by atoms with van der Waals surface area (Å²) < 4.78 is 1.74. The summed E-state index contributed by atoms with van der Waals surface area (Å²) in [7, 11) is 0. The second-order valence-electron chi connectivity index (χ2n) is 5.26. The molecule has 5 heteroatoms. The van der Waals surface area contributed by atoms with Gasteiger partial charge >= 0.3 is 0 Å². The second-order valence-corrected chi connectivity index (χ2v) is 5.26. The standard InChI is InChI=1S/C15H18N4O/c20-15(13-8-4-5-9-13)16-14-11-19(18-17-14)10-12-6-2-1-3-7-12/h1-3,6-7,11,13H,4-5,8-10H2,(H,16,20). The van der Waals surface area contributed by atoms with E-state index in [1.807, 2.05) is 30.3 Å². The summed E-state index contributed by atoms with van der Waals surface area (Å²) in [5.74, 6) is 0.765. The van der Waals surface area contributed by atoms with E-state index in [0.29, 0.717) is 12.4 Å². The summed E-state index contributed by atoms with van der Waals surface area (Å²) in [6.45, 7) is 0.660. The zero-order valence-electron chi connectivity index (χ0n) is 11.3. The van der Waals surface area contributed by atoms with Gasteiger partial charge in [-0.05, 0) is 18.4 Å². The Bertz CT molecular complexity index is 573. The van der Waals surface area contributed by atoms with Gasteiger partial charge in [-0.1, -0.05) is 48.4 Å². The normalized spacial score (nSPS) is 15.4. The number of carbonyl (C=O) groups is 1. The van der Waals surface area contributed by atoms with Crippen molar-refractivity contribution in [2.24, 2.45) is 5.92 Å². The summed E-state index contributed by atoms with van der Waals surface area (Å²) >= 11 is 0. The maximum atomic E-state index is 12.0. The molecule has 1 aromatic carbocycles. The molecule has 0 saturated heterocycles. The highest BCUT2D eigenvalue weighted by atomic mass is 16.2. The van der Waals surface area contributed by atoms with Crippen molar-refractivity contribution < 1.29 is 4.79 Å². The number of benzene rings is 1. The average molecular weight is 270 g/mol. The first-order valence-corrected chi connectivity index (χ1v) is 7.06. The van der Waals surface area contributed by atoms with Gasteiger partial charge in [-0.25, -0.2) is 4.68 Å². The summed E-state index contributed by atoms with van der Waals surface area (Å²) in [6, 6.07) is 10.1. The van der Waals surface area contributed by atoms with Gasteiger partial charge in [0.2, 0.25) is 5.91 Å². The number of nitrogens with zero attached hydrogens (tertiary/aromatic N) is 3. The number of aromatic nitrogens is 3. The van der Waals surface area contributed by atoms with Gasteiger partial charge in [0.1, 0.15) is 0 Å². The van der Waals surface area contributed by atoms with Gasteiger partial charge in [-0.2, -0.15) is 0 Å². The van der Waals surface area contributed by atoms with Crippen LogP contribution in [-0.4, -0.2) is 20.9 Å². The molecule has 1 fully saturated rings. The van der Waals surface area contributed by atoms with Crippen LogP contribution >= 0.6 is 0 Å². The van der Waals surface area contributed by atoms with Gasteiger partial charge < -0.3 is 5.32 Å². The van der Waals surface area contributed by atoms with E-state index in [0.717, 1.165) is 31.2 Å². The molecule has 0 radical (unpaired) electrons. The zero-order chi connectivity index (χ0) is 13.8. The fourth-order valence-corrected chi connectivity index (χ4v) is 2.62. The van der Waals surface area contributed by atoms with Crippen molar-refractivity contribution in [3.8, 4) is 0 Å². The Morgan fingerprint density at radius 3 is 2.75 bits per heavy atom. The molecule has 3 rings (SSSR count). The van der Waals surface area contributed by atoms with E-state index >= 15 is 0 Å². The second kappa shape index (κ2) is 5.86. The van der Waals surface area contributed by atoms with Gasteiger partial charge in [0, 0.05) is 5.92 Å². The Hall–Kier alpha value is -2.17. The fraction of sp³-hybridized carbons (Fsp3) is 0.400. The van der Waals surface area contributed by atoms with E-state index in [-0.39, 0.29) is 11.8 Å². The third kappa shape index (κ3) is 3.04. The van der Waals surface area contributed by atoms with Crippen LogP contribution in [0.5, 0.6) is 0 Å². The zero-order valence-corrected chi connectivity index (χ0v) is 11.3. The lowest BCUT2D eigenvalue weighted by Crippen LogP contribution is -2.20. The summed E-state index contributed by atoms with van der Waals surface area (Å²) in [5.41, 5.74) is 1.16. The number of anilines is 1. The molecule has 0 spiro atoms. The Morgan fingerprint density at radius 1 is 1.25 bits per heavy atom. The largest absolute Gasteiger partial charge is 0.308 e. The van der Waals surface area contributed by atoms with Crippen molar-refractivity contribution in [1.82, 2.24) is 15.0 Å². The van der Waals surface area contributed by atoms with Gasteiger partial charge in [0.05, 0.1) is 12.7 Å². The third-order valence-corrected chi connectivity index (χ3v) is 3.70. The first-order chi connectivity index (χ1) is 9.81. The predicted octanol–water partition coefficient (Wildman–Crippen LogP) is 2.46. The number of nitrogens with one attached hydrogen (secondary N) is 1. The van der Waals surface area contributed by atoms with Gasteiger partial charge in [0.25, 0.3) is 0 Å². The minimum Gasteiger partial charge on any atom is -0.308 e. The van der Waals surface area contributed by atoms with E-state index in [1.54, 1.807) is 10.9 Å². The van der Waals surface area contributed by atoms with Gasteiger partial charge in [-0.3, -0.25) is 4.79 Å². The van der Waals surface area contributed by atoms with E-state index in [2.05, 4.69) is 15.6 Å². The van der Waals surface area contributed by atoms with Crippen molar-refractivity contribution >= 4 is 11.7 Å². The number of carbonyl (C=O) groups excluding carboxylic acids is 1. The molecule has 104 valence electrons. The van der Waals surface area contributed by atoms with Crippen LogP contribution in [0, 0.1) is 5.92 Å². The lowest BCUT2D eigenvalue weighted by Gasteiger charge is -2.07. The lowest BCUT2D eigenvalue weighted by molar-refractivity contribution is -0.119. The first-order valence-electron chi connectivity index (χ1n) is 7.06. The predicted molar refractivity (Wildman–Crippen MR) is 76.2 cm³/mol. The van der Waals surface area contributed by atoms with Crippen molar-refractivity contribution in [2.45, 2.75) is 32.2 Å². The number of amides is 1. The molecule has 5 nitrogen and oxygen atoms in total. The minimum atomic E-state index is 0.0780. The Balaban J connectivity index is 1.60. The number of hydrogen-bond donors (Lipinski definition) is 1. The molecule has 1 aliphatic carbocycles. The van der Waals surface area contributed by atoms with E-state index in [1.165, 1.54) is 0 Å². The molecular formula is C15H18N4O. The molecule has 20 heavy (non-hydrogen) atoms. The highest BCUT2D eigenvalue weighted by Crippen LogP contribution is 2.25. The molecule has 1 saturated carbocycles. The summed E-state index contributed by atoms with van der Waals surface area (Å²) in [4.78, 5) is 12.0. The highest BCUT2D eigenvalue weighted by molar-refractivity contribution is 5.91. The van der Waals surface area contributed by atoms with Crippen LogP contribution < -0.4 is 5.32 Å². The van der Waals surface area contributed by atoms with Crippen LogP contribution in [0.25, 0.3) is 0 Å². The molecule has 0 aliphatic heterocycles. The van der Waals surface area contributed by atoms with Crippen molar-refractivity contribution in [1.29, 1.82) is 0 Å². The van der Waals surface area contributed by atoms with Gasteiger partial charge in [0.15, 0.2) is 5.82 Å². The van der Waals surface area contributed by atoms with Crippen LogP contribution in [-0.2, 0) is 11.3 Å². The van der Waals surface area contributed by atoms with Crippen molar-refractivity contribution in [3.05, 3.63) is 42.1 Å². The minimum absolute atomic E-state index is 0.0780. The van der Waals surface area contributed by atoms with E-state index in [9.17, 15) is 4.79 Å². The number of rotatable bonds is 4. The summed E-state index contributed by atoms with van der Waals surface area (Å²) in [6.07, 6.45) is 6.06. The first kappa shape index (κ1) is 12.8. The summed E-state index contributed by atoms with van der Waals surface area (Å²) in [5, 5.41) is 10.9. The lowest BCUT2D eigenvalue weighted by atomic mass is 10.1. The molecular weight excluding hydrogens is 252 g/mol. The molecule has 0 unspecified atom stereocenters. The number of hydrogen-bond acceptors (Lipinski definition) is 3. The molecule has 0 atom stereocenters. The van der Waals surface area contributed by atoms with E-state index < -0.39 is 0 Å². The van der Waals surface area contributed by atoms with Crippen LogP contribution in [0.15, 0.2) is 36.5 Å². The monoisotopic (exact) mass is 270 g/mol. The maximum absolute atomic E-state index is 12.0. The SMILES string of the molecule is O=C(Nc1cn(Cc2ccccc2)nn1)C1CCCC1. The fourth-order valence-electron chi connectivity index (χ4n) is 2.62. The van der Waals surface area contributed by atoms with Crippen molar-refractivity contribution in [2.75, 3.05) is 5.32 Å². The van der Waals surface area contributed by atoms with Crippen LogP contribution in [0.2, 0.25) is 0 Å². The maximum Gasteiger partial charge on any atom is 0.228 e. The quantitative estimate of drug-likeness (QED) is 0.928. The molecule has 1 N–H and O–H groups in total. The molecule has 2 aromatic rings.